The van der Waals surface area contributed by atoms with E-state index >= 15 is 0 Å². The normalized spacial score (nSPS) is 38.4. The van der Waals surface area contributed by atoms with Gasteiger partial charge in [-0.1, -0.05) is 6.92 Å². The van der Waals surface area contributed by atoms with Crippen LogP contribution in [-0.4, -0.2) is 60.8 Å². The third-order valence-corrected chi connectivity index (χ3v) is 6.37. The Morgan fingerprint density at radius 2 is 1.79 bits per heavy atom. The number of rotatable bonds is 10. The van der Waals surface area contributed by atoms with Crippen LogP contribution in [0.5, 0.6) is 0 Å². The van der Waals surface area contributed by atoms with Crippen LogP contribution in [0.4, 0.5) is 0 Å². The van der Waals surface area contributed by atoms with Gasteiger partial charge < -0.3 is 24.8 Å². The summed E-state index contributed by atoms with van der Waals surface area (Å²) in [6.07, 6.45) is 0.314. The van der Waals surface area contributed by atoms with Gasteiger partial charge in [0.05, 0.1) is 37.6 Å². The third kappa shape index (κ3) is 7.03. The highest BCUT2D eigenvalue weighted by atomic mass is 31.2. The number of ether oxygens (including phenoxy) is 3. The molecule has 3 unspecified atom stereocenters. The molecule has 1 saturated heterocycles. The van der Waals surface area contributed by atoms with E-state index in [1.807, 2.05) is 34.6 Å². The van der Waals surface area contributed by atoms with Gasteiger partial charge in [0.25, 0.3) is 0 Å². The van der Waals surface area contributed by atoms with Crippen LogP contribution in [0.2, 0.25) is 0 Å². The van der Waals surface area contributed by atoms with E-state index in [1.54, 1.807) is 0 Å². The van der Waals surface area contributed by atoms with Gasteiger partial charge in [0.2, 0.25) is 0 Å². The molecule has 1 aliphatic carbocycles. The zero-order valence-electron chi connectivity index (χ0n) is 17.9. The van der Waals surface area contributed by atoms with E-state index in [2.05, 4.69) is 6.92 Å². The highest BCUT2D eigenvalue weighted by molar-refractivity contribution is 7.47. The fourth-order valence-electron chi connectivity index (χ4n) is 3.94. The van der Waals surface area contributed by atoms with Crippen LogP contribution in [0, 0.1) is 11.8 Å². The highest BCUT2D eigenvalue weighted by Crippen LogP contribution is 2.48. The first-order valence-electron chi connectivity index (χ1n) is 10.3. The summed E-state index contributed by atoms with van der Waals surface area (Å²) in [4.78, 5) is 10.3. The Balaban J connectivity index is 1.92. The summed E-state index contributed by atoms with van der Waals surface area (Å²) in [5, 5.41) is 0. The molecule has 8 atom stereocenters. The Morgan fingerprint density at radius 1 is 1.11 bits per heavy atom. The molecule has 1 aliphatic heterocycles. The molecule has 166 valence electrons. The molecule has 2 rings (SSSR count). The number of nitrogens with two attached hydrogens (primary N) is 1. The van der Waals surface area contributed by atoms with Gasteiger partial charge in [-0.2, -0.15) is 0 Å². The molecule has 2 fully saturated rings. The van der Waals surface area contributed by atoms with Crippen LogP contribution in [0.3, 0.4) is 0 Å². The van der Waals surface area contributed by atoms with E-state index in [-0.39, 0.29) is 48.9 Å². The van der Waals surface area contributed by atoms with Gasteiger partial charge in [0.1, 0.15) is 12.2 Å². The van der Waals surface area contributed by atoms with Gasteiger partial charge in [-0.15, -0.1) is 0 Å². The van der Waals surface area contributed by atoms with Crippen molar-refractivity contribution in [3.05, 3.63) is 0 Å². The van der Waals surface area contributed by atoms with Crippen molar-refractivity contribution in [1.82, 2.24) is 0 Å². The van der Waals surface area contributed by atoms with Crippen LogP contribution < -0.4 is 5.73 Å². The molecule has 2 aliphatic rings. The molecule has 0 aromatic rings. The molecule has 0 aromatic carbocycles. The van der Waals surface area contributed by atoms with Crippen LogP contribution in [0.25, 0.3) is 0 Å². The first kappa shape index (κ1) is 24.2. The smallest absolute Gasteiger partial charge is 0.376 e. The lowest BCUT2D eigenvalue weighted by Gasteiger charge is -2.27. The molecular formula is C19H38NO7P. The maximum absolute atomic E-state index is 12.6. The monoisotopic (exact) mass is 423 g/mol. The van der Waals surface area contributed by atoms with Crippen LogP contribution in [0.1, 0.15) is 54.4 Å². The second-order valence-corrected chi connectivity index (χ2v) is 10.1. The summed E-state index contributed by atoms with van der Waals surface area (Å²) in [5.74, 6) is 0.110. The lowest BCUT2D eigenvalue weighted by molar-refractivity contribution is -0.0578. The van der Waals surface area contributed by atoms with E-state index in [9.17, 15) is 9.46 Å². The molecule has 1 heterocycles. The number of phosphoric acid groups is 1. The van der Waals surface area contributed by atoms with E-state index < -0.39 is 20.0 Å². The summed E-state index contributed by atoms with van der Waals surface area (Å²) < 4.78 is 40.7. The average molecular weight is 423 g/mol. The summed E-state index contributed by atoms with van der Waals surface area (Å²) >= 11 is 0. The zero-order valence-corrected chi connectivity index (χ0v) is 18.8. The topological polar surface area (TPSA) is 109 Å². The van der Waals surface area contributed by atoms with Crippen molar-refractivity contribution >= 4 is 7.82 Å². The lowest BCUT2D eigenvalue weighted by Crippen LogP contribution is -2.37. The molecule has 3 N–H and O–H groups in total. The Kier molecular flexibility index (Phi) is 8.92. The van der Waals surface area contributed by atoms with Gasteiger partial charge in [0, 0.05) is 18.4 Å². The van der Waals surface area contributed by atoms with Crippen molar-refractivity contribution in [3.8, 4) is 0 Å². The van der Waals surface area contributed by atoms with Crippen LogP contribution in [-0.2, 0) is 27.8 Å². The predicted octanol–water partition coefficient (Wildman–Crippen LogP) is 2.87. The summed E-state index contributed by atoms with van der Waals surface area (Å²) in [6, 6.07) is -0.147. The molecule has 8 nitrogen and oxygen atoms in total. The first-order valence-corrected chi connectivity index (χ1v) is 11.8. The second-order valence-electron chi connectivity index (χ2n) is 8.69. The van der Waals surface area contributed by atoms with E-state index in [0.717, 1.165) is 6.42 Å². The summed E-state index contributed by atoms with van der Waals surface area (Å²) in [5.41, 5.74) is 6.28. The Morgan fingerprint density at radius 3 is 2.39 bits per heavy atom. The molecule has 1 saturated carbocycles. The molecule has 28 heavy (non-hydrogen) atoms. The SMILES string of the molecule is CC(C)OC[C@H]1O[C@@H](C)C[C@H]1OP(=O)(O)OC[C@@H]1C(OC(C)C)C[C@H](C)C1N. The van der Waals surface area contributed by atoms with Crippen molar-refractivity contribution in [2.75, 3.05) is 13.2 Å². The standard InChI is InChI=1S/C19H38NO7P/c1-11(2)23-10-18-17(8-14(6)26-18)27-28(21,22)24-9-15-16(25-12(3)4)7-13(5)19(15)20/h11-19H,7-10,20H2,1-6H3,(H,21,22)/t13-,14-,15+,16?,17+,18+,19?/m0/s1. The molecule has 9 heteroatoms. The fourth-order valence-corrected chi connectivity index (χ4v) is 4.93. The maximum Gasteiger partial charge on any atom is 0.472 e. The van der Waals surface area contributed by atoms with E-state index in [0.29, 0.717) is 13.0 Å². The minimum absolute atomic E-state index is 0.0208. The van der Waals surface area contributed by atoms with Gasteiger partial charge >= 0.3 is 7.82 Å². The maximum atomic E-state index is 12.6. The molecular weight excluding hydrogens is 385 g/mol. The third-order valence-electron chi connectivity index (χ3n) is 5.36. The fraction of sp³-hybridized carbons (Fsp3) is 1.00. The number of hydrogen-bond acceptors (Lipinski definition) is 7. The van der Waals surface area contributed by atoms with Crippen molar-refractivity contribution in [1.29, 1.82) is 0 Å². The van der Waals surface area contributed by atoms with Crippen molar-refractivity contribution < 1.29 is 32.7 Å². The van der Waals surface area contributed by atoms with Crippen molar-refractivity contribution in [2.45, 2.75) is 97.0 Å². The average Bonchev–Trinajstić information content (AvgIpc) is 3.02. The number of phosphoric ester groups is 1. The van der Waals surface area contributed by atoms with Gasteiger partial charge in [-0.3, -0.25) is 9.05 Å². The lowest BCUT2D eigenvalue weighted by atomic mass is 10.0. The Hall–Kier alpha value is -0.0500. The Labute approximate surface area is 169 Å². The quantitative estimate of drug-likeness (QED) is 0.516. The van der Waals surface area contributed by atoms with Crippen LogP contribution >= 0.6 is 7.82 Å². The van der Waals surface area contributed by atoms with E-state index in [1.165, 1.54) is 0 Å². The summed E-state index contributed by atoms with van der Waals surface area (Å²) in [7, 11) is -4.26. The minimum Gasteiger partial charge on any atom is -0.376 e. The van der Waals surface area contributed by atoms with Crippen LogP contribution in [0.15, 0.2) is 0 Å². The minimum atomic E-state index is -4.26. The predicted molar refractivity (Wildman–Crippen MR) is 106 cm³/mol. The first-order chi connectivity index (χ1) is 13.0. The molecule has 0 radical (unpaired) electrons. The largest absolute Gasteiger partial charge is 0.472 e. The van der Waals surface area contributed by atoms with Gasteiger partial charge in [-0.25, -0.2) is 4.57 Å². The molecule has 0 aromatic heterocycles. The van der Waals surface area contributed by atoms with Gasteiger partial charge in [-0.05, 0) is 47.0 Å². The molecule has 0 spiro atoms. The second kappa shape index (κ2) is 10.3. The summed E-state index contributed by atoms with van der Waals surface area (Å²) in [6.45, 7) is 12.1. The van der Waals surface area contributed by atoms with Gasteiger partial charge in [0.15, 0.2) is 0 Å². The van der Waals surface area contributed by atoms with Crippen molar-refractivity contribution in [3.63, 3.8) is 0 Å². The molecule has 0 bridgehead atoms. The highest BCUT2D eigenvalue weighted by Gasteiger charge is 2.43. The zero-order chi connectivity index (χ0) is 21.1. The Bertz CT molecular complexity index is 530. The number of hydrogen-bond donors (Lipinski definition) is 2. The van der Waals surface area contributed by atoms with E-state index in [4.69, 9.17) is 29.0 Å². The molecule has 0 amide bonds. The van der Waals surface area contributed by atoms with Crippen molar-refractivity contribution in [2.24, 2.45) is 17.6 Å².